The Morgan fingerprint density at radius 2 is 1.30 bits per heavy atom. The number of benzene rings is 3. The number of H-pyrrole nitrogens is 1. The second-order valence-corrected chi connectivity index (χ2v) is 11.1. The van der Waals surface area contributed by atoms with Crippen molar-refractivity contribution in [3.05, 3.63) is 78.9 Å². The third-order valence-corrected chi connectivity index (χ3v) is 11.2. The molecule has 1 aliphatic rings. The van der Waals surface area contributed by atoms with Gasteiger partial charge in [-0.2, -0.15) is 0 Å². The molecule has 0 unspecified atom stereocenters. The maximum absolute atomic E-state index is 3.70. The maximum atomic E-state index is 3.70. The Morgan fingerprint density at radius 1 is 0.696 bits per heavy atom. The average Bonchev–Trinajstić information content (AvgIpc) is 3.03. The summed E-state index contributed by atoms with van der Waals surface area (Å²) < 4.78 is 4.49. The van der Waals surface area contributed by atoms with Crippen molar-refractivity contribution in [2.45, 2.75) is 9.79 Å². The number of fused-ring (bicyclic) bond motifs is 3. The Kier molecular flexibility index (Phi) is 3.14. The van der Waals surface area contributed by atoms with Crippen LogP contribution >= 0.6 is 11.8 Å². The van der Waals surface area contributed by atoms with Gasteiger partial charge in [-0.3, -0.25) is 0 Å². The molecule has 0 aliphatic carbocycles. The molecule has 110 valence electrons. The van der Waals surface area contributed by atoms with E-state index in [1.807, 2.05) is 11.8 Å². The van der Waals surface area contributed by atoms with Crippen LogP contribution in [0.3, 0.4) is 0 Å². The molecule has 1 aromatic heterocycles. The molecule has 3 heteroatoms. The predicted molar refractivity (Wildman–Crippen MR) is 100.0 cm³/mol. The molecule has 0 saturated carbocycles. The van der Waals surface area contributed by atoms with E-state index in [2.05, 4.69) is 83.8 Å². The summed E-state index contributed by atoms with van der Waals surface area (Å²) >= 11 is 0.394. The molecule has 0 fully saturated rings. The Labute approximate surface area is 144 Å². The summed E-state index contributed by atoms with van der Waals surface area (Å²) in [5.74, 6) is 0. The molecule has 2 heterocycles. The first-order chi connectivity index (χ1) is 11.4. The van der Waals surface area contributed by atoms with Gasteiger partial charge in [0.25, 0.3) is 0 Å². The zero-order valence-electron chi connectivity index (χ0n) is 12.4. The molecule has 23 heavy (non-hydrogen) atoms. The van der Waals surface area contributed by atoms with Crippen LogP contribution in [0.5, 0.6) is 0 Å². The molecule has 3 aromatic carbocycles. The SMILES string of the molecule is c1ccc2c(c1)Sc1ccccc1[As]2c1cc2ccccc2[nH]1. The van der Waals surface area contributed by atoms with Crippen LogP contribution in [0.1, 0.15) is 0 Å². The summed E-state index contributed by atoms with van der Waals surface area (Å²) in [6.07, 6.45) is 0. The molecule has 1 aliphatic heterocycles. The molecule has 0 saturated heterocycles. The number of hydrogen-bond acceptors (Lipinski definition) is 1. The Morgan fingerprint density at radius 3 is 2.00 bits per heavy atom. The fourth-order valence-electron chi connectivity index (χ4n) is 3.14. The molecule has 0 amide bonds. The Balaban J connectivity index is 1.78. The van der Waals surface area contributed by atoms with Crippen molar-refractivity contribution in [1.82, 2.24) is 4.98 Å². The fourth-order valence-corrected chi connectivity index (χ4v) is 10.4. The van der Waals surface area contributed by atoms with Crippen molar-refractivity contribution >= 4 is 50.5 Å². The average molecular weight is 375 g/mol. The molecule has 5 rings (SSSR count). The molecule has 0 bridgehead atoms. The Bertz CT molecular complexity index is 942. The topological polar surface area (TPSA) is 15.8 Å². The summed E-state index contributed by atoms with van der Waals surface area (Å²) in [6.45, 7) is 0. The zero-order valence-corrected chi connectivity index (χ0v) is 15.1. The van der Waals surface area contributed by atoms with Gasteiger partial charge in [-0.05, 0) is 0 Å². The van der Waals surface area contributed by atoms with Crippen molar-refractivity contribution < 1.29 is 0 Å². The van der Waals surface area contributed by atoms with Gasteiger partial charge >= 0.3 is 144 Å². The van der Waals surface area contributed by atoms with Gasteiger partial charge in [0.1, 0.15) is 0 Å². The molecule has 1 N–H and O–H groups in total. The zero-order chi connectivity index (χ0) is 15.2. The second kappa shape index (κ2) is 5.33. The van der Waals surface area contributed by atoms with E-state index < -0.39 is 14.7 Å². The van der Waals surface area contributed by atoms with E-state index in [4.69, 9.17) is 0 Å². The van der Waals surface area contributed by atoms with E-state index in [0.717, 1.165) is 0 Å². The molecule has 4 aromatic rings. The minimum atomic E-state index is -1.52. The third kappa shape index (κ3) is 2.17. The Hall–Kier alpha value is -1.89. The predicted octanol–water partition coefficient (Wildman–Crippen LogP) is 3.15. The normalized spacial score (nSPS) is 13.7. The summed E-state index contributed by atoms with van der Waals surface area (Å²) in [6, 6.07) is 28.8. The first kappa shape index (κ1) is 13.5. The van der Waals surface area contributed by atoms with Crippen LogP contribution in [0.25, 0.3) is 10.9 Å². The van der Waals surface area contributed by atoms with Crippen LogP contribution in [-0.4, -0.2) is 19.6 Å². The van der Waals surface area contributed by atoms with Gasteiger partial charge in [0.05, 0.1) is 0 Å². The van der Waals surface area contributed by atoms with Gasteiger partial charge in [0.2, 0.25) is 0 Å². The van der Waals surface area contributed by atoms with Crippen LogP contribution in [0.15, 0.2) is 88.7 Å². The van der Waals surface area contributed by atoms with Crippen LogP contribution in [0.2, 0.25) is 0 Å². The van der Waals surface area contributed by atoms with Crippen molar-refractivity contribution in [1.29, 1.82) is 0 Å². The number of hydrogen-bond donors (Lipinski definition) is 1. The van der Waals surface area contributed by atoms with Gasteiger partial charge in [-0.1, -0.05) is 0 Å². The summed E-state index contributed by atoms with van der Waals surface area (Å²) in [5, 5.41) is 1.31. The summed E-state index contributed by atoms with van der Waals surface area (Å²) in [4.78, 5) is 6.54. The molecule has 0 atom stereocenters. The van der Waals surface area contributed by atoms with Crippen molar-refractivity contribution in [3.63, 3.8) is 0 Å². The second-order valence-electron chi connectivity index (χ2n) is 5.61. The van der Waals surface area contributed by atoms with Gasteiger partial charge in [-0.25, -0.2) is 0 Å². The first-order valence-corrected chi connectivity index (χ1v) is 11.3. The number of aromatic amines is 1. The van der Waals surface area contributed by atoms with E-state index in [1.165, 1.54) is 33.9 Å². The monoisotopic (exact) mass is 375 g/mol. The third-order valence-electron chi connectivity index (χ3n) is 4.19. The minimum absolute atomic E-state index is 1.24. The number of para-hydroxylation sites is 1. The fraction of sp³-hybridized carbons (Fsp3) is 0. The van der Waals surface area contributed by atoms with Crippen LogP contribution in [-0.2, 0) is 0 Å². The molecular weight excluding hydrogens is 361 g/mol. The molecule has 0 spiro atoms. The van der Waals surface area contributed by atoms with Gasteiger partial charge in [-0.15, -0.1) is 0 Å². The van der Waals surface area contributed by atoms with Crippen molar-refractivity contribution in [3.8, 4) is 0 Å². The van der Waals surface area contributed by atoms with Crippen molar-refractivity contribution in [2.24, 2.45) is 0 Å². The standard InChI is InChI=1S/C20H14AsNS/c1-4-10-17-14(7-1)13-20(22-17)21-15-8-2-5-11-18(15)23-19-12-6-3-9-16(19)21/h1-13,22H. The van der Waals surface area contributed by atoms with Crippen LogP contribution in [0.4, 0.5) is 0 Å². The van der Waals surface area contributed by atoms with Gasteiger partial charge < -0.3 is 0 Å². The van der Waals surface area contributed by atoms with E-state index in [9.17, 15) is 0 Å². The van der Waals surface area contributed by atoms with Gasteiger partial charge in [0.15, 0.2) is 0 Å². The summed E-state index contributed by atoms with van der Waals surface area (Å²) in [7, 11) is 0. The van der Waals surface area contributed by atoms with E-state index in [1.54, 1.807) is 0 Å². The van der Waals surface area contributed by atoms with Crippen molar-refractivity contribution in [2.75, 3.05) is 0 Å². The number of nitrogens with one attached hydrogen (secondary N) is 1. The van der Waals surface area contributed by atoms with Gasteiger partial charge in [0, 0.05) is 0 Å². The van der Waals surface area contributed by atoms with Crippen LogP contribution in [0, 0.1) is 0 Å². The number of rotatable bonds is 1. The first-order valence-electron chi connectivity index (χ1n) is 7.64. The van der Waals surface area contributed by atoms with Crippen LogP contribution < -0.4 is 13.2 Å². The molecule has 0 radical (unpaired) electrons. The van der Waals surface area contributed by atoms with E-state index in [-0.39, 0.29) is 0 Å². The molecular formula is C20H14AsNS. The number of aromatic nitrogens is 1. The van der Waals surface area contributed by atoms with E-state index in [0.29, 0.717) is 0 Å². The quantitative estimate of drug-likeness (QED) is 0.445. The molecule has 1 nitrogen and oxygen atoms in total. The summed E-state index contributed by atoms with van der Waals surface area (Å²) in [5.41, 5.74) is 1.24. The van der Waals surface area contributed by atoms with E-state index >= 15 is 0 Å².